The van der Waals surface area contributed by atoms with Gasteiger partial charge in [0.25, 0.3) is 5.91 Å². The van der Waals surface area contributed by atoms with E-state index < -0.39 is 9.84 Å². The first-order chi connectivity index (χ1) is 11.9. The van der Waals surface area contributed by atoms with Gasteiger partial charge in [0.2, 0.25) is 0 Å². The maximum atomic E-state index is 12.9. The minimum Gasteiger partial charge on any atom is -0.490 e. The van der Waals surface area contributed by atoms with Crippen LogP contribution >= 0.6 is 0 Å². The Hall–Kier alpha value is -1.60. The van der Waals surface area contributed by atoms with Crippen molar-refractivity contribution >= 4 is 15.7 Å². The lowest BCUT2D eigenvalue weighted by Crippen LogP contribution is -2.49. The maximum Gasteiger partial charge on any atom is 0.268 e. The molecule has 1 aliphatic heterocycles. The van der Waals surface area contributed by atoms with Crippen LogP contribution in [0.25, 0.3) is 0 Å². The molecule has 1 aliphatic carbocycles. The Balaban J connectivity index is 1.71. The summed E-state index contributed by atoms with van der Waals surface area (Å²) in [5.41, 5.74) is 0.539. The third-order valence-electron chi connectivity index (χ3n) is 4.90. The summed E-state index contributed by atoms with van der Waals surface area (Å²) in [5.74, 6) is 0.770. The summed E-state index contributed by atoms with van der Waals surface area (Å²) in [6, 6.07) is 6.86. The number of benzene rings is 1. The van der Waals surface area contributed by atoms with E-state index in [1.807, 2.05) is 12.1 Å². The van der Waals surface area contributed by atoms with E-state index >= 15 is 0 Å². The Labute approximate surface area is 149 Å². The van der Waals surface area contributed by atoms with E-state index in [0.717, 1.165) is 18.6 Å². The minimum absolute atomic E-state index is 0.0276. The molecule has 7 heteroatoms. The molecule has 1 saturated heterocycles. The minimum atomic E-state index is -3.05. The molecule has 1 atom stereocenters. The number of ether oxygens (including phenoxy) is 1. The summed E-state index contributed by atoms with van der Waals surface area (Å²) < 4.78 is 29.5. The number of nitrogens with zero attached hydrogens (tertiary/aromatic N) is 2. The Morgan fingerprint density at radius 1 is 1.08 bits per heavy atom. The third kappa shape index (κ3) is 4.33. The van der Waals surface area contributed by atoms with Crippen molar-refractivity contribution in [1.29, 1.82) is 0 Å². The van der Waals surface area contributed by atoms with E-state index in [4.69, 9.17) is 4.74 Å². The molecule has 0 spiro atoms. The van der Waals surface area contributed by atoms with Crippen LogP contribution in [0.2, 0.25) is 0 Å². The molecule has 0 N–H and O–H groups in total. The number of hydrazine groups is 1. The highest BCUT2D eigenvalue weighted by Crippen LogP contribution is 2.25. The predicted octanol–water partition coefficient (Wildman–Crippen LogP) is 2.11. The lowest BCUT2D eigenvalue weighted by Gasteiger charge is -2.33. The van der Waals surface area contributed by atoms with Crippen molar-refractivity contribution in [2.75, 3.05) is 25.6 Å². The summed E-state index contributed by atoms with van der Waals surface area (Å²) >= 11 is 0. The lowest BCUT2D eigenvalue weighted by molar-refractivity contribution is 0.00101. The lowest BCUT2D eigenvalue weighted by atomic mass is 10.1. The van der Waals surface area contributed by atoms with E-state index in [0.29, 0.717) is 12.0 Å². The Kier molecular flexibility index (Phi) is 5.34. The number of rotatable bonds is 5. The zero-order chi connectivity index (χ0) is 18.0. The molecule has 138 valence electrons. The molecule has 0 aromatic heterocycles. The van der Waals surface area contributed by atoms with Crippen LogP contribution in [0, 0.1) is 0 Å². The highest BCUT2D eigenvalue weighted by Gasteiger charge is 2.36. The number of hydrogen-bond acceptors (Lipinski definition) is 5. The van der Waals surface area contributed by atoms with Gasteiger partial charge in [-0.05, 0) is 56.4 Å². The number of sulfone groups is 1. The fourth-order valence-electron chi connectivity index (χ4n) is 3.65. The van der Waals surface area contributed by atoms with Gasteiger partial charge in [0.15, 0.2) is 9.84 Å². The van der Waals surface area contributed by atoms with Gasteiger partial charge >= 0.3 is 0 Å². The van der Waals surface area contributed by atoms with Crippen molar-refractivity contribution in [2.24, 2.45) is 0 Å². The Morgan fingerprint density at radius 2 is 1.72 bits per heavy atom. The van der Waals surface area contributed by atoms with Crippen LogP contribution in [0.15, 0.2) is 24.3 Å². The van der Waals surface area contributed by atoms with Gasteiger partial charge in [0, 0.05) is 19.7 Å². The summed E-state index contributed by atoms with van der Waals surface area (Å²) in [5, 5.41) is 3.23. The molecule has 2 fully saturated rings. The molecule has 1 amide bonds. The molecule has 1 unspecified atom stereocenters. The summed E-state index contributed by atoms with van der Waals surface area (Å²) in [7, 11) is 0.478. The van der Waals surface area contributed by atoms with Crippen molar-refractivity contribution in [3.05, 3.63) is 29.8 Å². The van der Waals surface area contributed by atoms with Gasteiger partial charge in [-0.3, -0.25) is 9.80 Å². The average molecular weight is 366 g/mol. The fraction of sp³-hybridized carbons (Fsp3) is 0.611. The van der Waals surface area contributed by atoms with E-state index in [9.17, 15) is 13.2 Å². The highest BCUT2D eigenvalue weighted by atomic mass is 32.2. The second-order valence-corrected chi connectivity index (χ2v) is 9.33. The molecule has 3 rings (SSSR count). The quantitative estimate of drug-likeness (QED) is 0.747. The first kappa shape index (κ1) is 18.2. The number of carbonyl (C=O) groups is 1. The third-order valence-corrected chi connectivity index (χ3v) is 6.65. The van der Waals surface area contributed by atoms with Gasteiger partial charge in [-0.25, -0.2) is 13.4 Å². The molecule has 25 heavy (non-hydrogen) atoms. The van der Waals surface area contributed by atoms with Crippen LogP contribution in [0.5, 0.6) is 5.75 Å². The van der Waals surface area contributed by atoms with Crippen LogP contribution in [-0.2, 0) is 9.84 Å². The normalized spacial score (nSPS) is 23.1. The van der Waals surface area contributed by atoms with E-state index in [1.165, 1.54) is 12.8 Å². The van der Waals surface area contributed by atoms with Crippen molar-refractivity contribution in [3.63, 3.8) is 0 Å². The van der Waals surface area contributed by atoms with E-state index in [-0.39, 0.29) is 29.6 Å². The van der Waals surface area contributed by atoms with Gasteiger partial charge in [-0.1, -0.05) is 0 Å². The molecular weight excluding hydrogens is 340 g/mol. The first-order valence-corrected chi connectivity index (χ1v) is 10.7. The standard InChI is InChI=1S/C18H26N2O4S/c1-19(2)20(15-11-12-25(22,23)13-15)18(21)14-7-9-17(10-8-14)24-16-5-3-4-6-16/h7-10,15-16H,3-6,11-13H2,1-2H3. The SMILES string of the molecule is CN(C)N(C(=O)c1ccc(OC2CCCC2)cc1)C1CCS(=O)(=O)C1. The summed E-state index contributed by atoms with van der Waals surface area (Å²) in [4.78, 5) is 12.9. The highest BCUT2D eigenvalue weighted by molar-refractivity contribution is 7.91. The van der Waals surface area contributed by atoms with Crippen LogP contribution in [0.4, 0.5) is 0 Å². The predicted molar refractivity (Wildman–Crippen MR) is 96.2 cm³/mol. The van der Waals surface area contributed by atoms with Crippen molar-refractivity contribution in [2.45, 2.75) is 44.2 Å². The van der Waals surface area contributed by atoms with E-state index in [2.05, 4.69) is 0 Å². The molecule has 0 radical (unpaired) electrons. The zero-order valence-corrected chi connectivity index (χ0v) is 15.7. The average Bonchev–Trinajstić information content (AvgIpc) is 3.17. The maximum absolute atomic E-state index is 12.9. The second-order valence-electron chi connectivity index (χ2n) is 7.10. The smallest absolute Gasteiger partial charge is 0.268 e. The first-order valence-electron chi connectivity index (χ1n) is 8.84. The Morgan fingerprint density at radius 3 is 2.24 bits per heavy atom. The molecule has 1 aromatic carbocycles. The molecule has 1 heterocycles. The van der Waals surface area contributed by atoms with Gasteiger partial charge < -0.3 is 4.74 Å². The van der Waals surface area contributed by atoms with Gasteiger partial charge in [-0.15, -0.1) is 0 Å². The number of hydrogen-bond donors (Lipinski definition) is 0. The largest absolute Gasteiger partial charge is 0.490 e. The van der Waals surface area contributed by atoms with Crippen molar-refractivity contribution in [3.8, 4) is 5.75 Å². The zero-order valence-electron chi connectivity index (χ0n) is 14.8. The van der Waals surface area contributed by atoms with Gasteiger partial charge in [-0.2, -0.15) is 0 Å². The molecule has 2 aliphatic rings. The molecule has 0 bridgehead atoms. The monoisotopic (exact) mass is 366 g/mol. The summed E-state index contributed by atoms with van der Waals surface area (Å²) in [6.07, 6.45) is 5.36. The van der Waals surface area contributed by atoms with Crippen molar-refractivity contribution < 1.29 is 17.9 Å². The molecule has 1 aromatic rings. The topological polar surface area (TPSA) is 66.9 Å². The van der Waals surface area contributed by atoms with E-state index in [1.54, 1.807) is 36.2 Å². The van der Waals surface area contributed by atoms with Crippen molar-refractivity contribution in [1.82, 2.24) is 10.0 Å². The molecule has 6 nitrogen and oxygen atoms in total. The summed E-state index contributed by atoms with van der Waals surface area (Å²) in [6.45, 7) is 0. The Bertz CT molecular complexity index is 709. The second kappa shape index (κ2) is 7.33. The van der Waals surface area contributed by atoms with Crippen LogP contribution in [-0.4, -0.2) is 62.1 Å². The van der Waals surface area contributed by atoms with Gasteiger partial charge in [0.05, 0.1) is 23.7 Å². The van der Waals surface area contributed by atoms with Gasteiger partial charge in [0.1, 0.15) is 5.75 Å². The van der Waals surface area contributed by atoms with Crippen LogP contribution < -0.4 is 4.74 Å². The molecule has 1 saturated carbocycles. The number of amides is 1. The molecular formula is C18H26N2O4S. The van der Waals surface area contributed by atoms with Crippen LogP contribution in [0.1, 0.15) is 42.5 Å². The fourth-order valence-corrected chi connectivity index (χ4v) is 5.34. The van der Waals surface area contributed by atoms with Crippen LogP contribution in [0.3, 0.4) is 0 Å². The number of carbonyl (C=O) groups excluding carboxylic acids is 1.